The third kappa shape index (κ3) is 7.52. The van der Waals surface area contributed by atoms with Crippen LogP contribution in [0, 0.1) is 17.0 Å². The fourth-order valence-corrected chi connectivity index (χ4v) is 8.15. The summed E-state index contributed by atoms with van der Waals surface area (Å²) in [4.78, 5) is 4.97. The van der Waals surface area contributed by atoms with Crippen molar-refractivity contribution >= 4 is 25.7 Å². The van der Waals surface area contributed by atoms with Gasteiger partial charge < -0.3 is 9.67 Å². The average Bonchev–Trinajstić information content (AvgIpc) is 3.58. The van der Waals surface area contributed by atoms with Crippen LogP contribution in [0.5, 0.6) is 0 Å². The minimum absolute atomic E-state index is 0.0577. The molecule has 5 aromatic rings. The van der Waals surface area contributed by atoms with Crippen molar-refractivity contribution in [2.24, 2.45) is 5.41 Å². The van der Waals surface area contributed by atoms with E-state index in [4.69, 9.17) is 4.98 Å². The van der Waals surface area contributed by atoms with Gasteiger partial charge in [-0.15, -0.1) is 0 Å². The first-order valence-corrected chi connectivity index (χ1v) is 18.5. The molecule has 0 unspecified atom stereocenters. The number of aromatic nitrogens is 2. The minimum atomic E-state index is -4.04. The van der Waals surface area contributed by atoms with E-state index in [1.165, 1.54) is 6.07 Å². The Morgan fingerprint density at radius 2 is 1.59 bits per heavy atom. The molecule has 1 aliphatic heterocycles. The minimum Gasteiger partial charge on any atom is -0.493 e. The van der Waals surface area contributed by atoms with Crippen LogP contribution in [0.1, 0.15) is 38.6 Å². The molecule has 1 aliphatic rings. The quantitative estimate of drug-likeness (QED) is 0.166. The average molecular weight is 705 g/mol. The van der Waals surface area contributed by atoms with Gasteiger partial charge in [-0.05, 0) is 71.0 Å². The van der Waals surface area contributed by atoms with Gasteiger partial charge in [-0.2, -0.15) is 8.42 Å². The Morgan fingerprint density at radius 1 is 0.878 bits per heavy atom. The molecular formula is C36H34F2N4O5S2. The monoisotopic (exact) mass is 704 g/mol. The first-order valence-electron chi connectivity index (χ1n) is 15.4. The third-order valence-electron chi connectivity index (χ3n) is 8.04. The fraction of sp³-hybridized carbons (Fsp3) is 0.194. The van der Waals surface area contributed by atoms with Gasteiger partial charge >= 0.3 is 10.2 Å². The first kappa shape index (κ1) is 33.9. The largest absolute Gasteiger partial charge is 0.493 e. The SMILES string of the molecule is CC(C)(C)CCS(=O)(=O)c1cccc(-c2ccc(Cc3nc(-c4ccc(F)cc4F)cn3-c3cccc(N4C=C(O)NS4(=O)=O)c3)cc2)c1. The van der Waals surface area contributed by atoms with E-state index < -0.39 is 37.6 Å². The maximum absolute atomic E-state index is 14.9. The highest BCUT2D eigenvalue weighted by Gasteiger charge is 2.29. The van der Waals surface area contributed by atoms with Crippen LogP contribution in [0.2, 0.25) is 0 Å². The molecule has 0 radical (unpaired) electrons. The first-order chi connectivity index (χ1) is 23.1. The standard InChI is InChI=1S/C36H34F2N4O5S2/c1-36(2,3)16-17-48(44,45)30-9-4-6-26(19-30)25-12-10-24(11-13-25)18-34-39-33(31-15-14-27(37)20-32(31)38)22-41(34)28-7-5-8-29(21-28)42-23-35(43)40-49(42,46)47/h4-15,19-23,40,43H,16-18H2,1-3H3. The zero-order chi connectivity index (χ0) is 35.1. The molecule has 4 aromatic carbocycles. The molecular weight excluding hydrogens is 671 g/mol. The van der Waals surface area contributed by atoms with Crippen LogP contribution in [0.15, 0.2) is 114 Å². The van der Waals surface area contributed by atoms with Gasteiger partial charge in [0.2, 0.25) is 5.88 Å². The molecule has 0 bridgehead atoms. The number of rotatable bonds is 9. The van der Waals surface area contributed by atoms with Crippen LogP contribution < -0.4 is 9.03 Å². The van der Waals surface area contributed by atoms with Gasteiger partial charge in [-0.25, -0.2) is 31.2 Å². The van der Waals surface area contributed by atoms with Crippen LogP contribution in [0.3, 0.4) is 0 Å². The Balaban J connectivity index is 1.33. The summed E-state index contributed by atoms with van der Waals surface area (Å²) < 4.78 is 84.3. The Kier molecular flexibility index (Phi) is 8.84. The number of anilines is 1. The summed E-state index contributed by atoms with van der Waals surface area (Å²) in [6, 6.07) is 24.1. The maximum atomic E-state index is 14.9. The third-order valence-corrected chi connectivity index (χ3v) is 11.1. The zero-order valence-corrected chi connectivity index (χ0v) is 28.6. The molecule has 2 N–H and O–H groups in total. The molecule has 13 heteroatoms. The molecule has 0 fully saturated rings. The van der Waals surface area contributed by atoms with Crippen molar-refractivity contribution in [2.45, 2.75) is 38.5 Å². The summed E-state index contributed by atoms with van der Waals surface area (Å²) in [6.07, 6.45) is 3.45. The van der Waals surface area contributed by atoms with Crippen LogP contribution in [-0.2, 0) is 26.5 Å². The predicted octanol–water partition coefficient (Wildman–Crippen LogP) is 7.30. The van der Waals surface area contributed by atoms with Gasteiger partial charge in [-0.3, -0.25) is 0 Å². The van der Waals surface area contributed by atoms with E-state index in [-0.39, 0.29) is 39.4 Å². The second-order valence-electron chi connectivity index (χ2n) is 13.0. The second-order valence-corrected chi connectivity index (χ2v) is 16.7. The molecule has 9 nitrogen and oxygen atoms in total. The number of benzene rings is 4. The van der Waals surface area contributed by atoms with Crippen molar-refractivity contribution in [3.05, 3.63) is 132 Å². The normalized spacial score (nSPS) is 14.5. The summed E-state index contributed by atoms with van der Waals surface area (Å²) in [5.74, 6) is -1.50. The Hall–Kier alpha value is -5.01. The van der Waals surface area contributed by atoms with Crippen LogP contribution in [0.25, 0.3) is 28.1 Å². The van der Waals surface area contributed by atoms with Gasteiger partial charge in [-0.1, -0.05) is 63.2 Å². The van der Waals surface area contributed by atoms with E-state index in [0.717, 1.165) is 39.3 Å². The molecule has 0 spiro atoms. The Bertz CT molecular complexity index is 2300. The lowest BCUT2D eigenvalue weighted by atomic mass is 9.94. The highest BCUT2D eigenvalue weighted by atomic mass is 32.2. The van der Waals surface area contributed by atoms with Gasteiger partial charge in [0, 0.05) is 29.9 Å². The summed E-state index contributed by atoms with van der Waals surface area (Å²) >= 11 is 0. The summed E-state index contributed by atoms with van der Waals surface area (Å²) in [6.45, 7) is 6.03. The van der Waals surface area contributed by atoms with Gasteiger partial charge in [0.1, 0.15) is 17.5 Å². The molecule has 0 atom stereocenters. The number of hydrogen-bond donors (Lipinski definition) is 2. The highest BCUT2D eigenvalue weighted by molar-refractivity contribution is 7.91. The second kappa shape index (κ2) is 12.8. The topological polar surface area (TPSA) is 122 Å². The maximum Gasteiger partial charge on any atom is 0.330 e. The molecule has 254 valence electrons. The van der Waals surface area contributed by atoms with Crippen molar-refractivity contribution in [1.29, 1.82) is 0 Å². The van der Waals surface area contributed by atoms with E-state index in [1.54, 1.807) is 53.2 Å². The molecule has 0 saturated carbocycles. The van der Waals surface area contributed by atoms with Gasteiger partial charge in [0.25, 0.3) is 0 Å². The molecule has 1 aromatic heterocycles. The Labute approximate surface area is 284 Å². The number of nitrogens with one attached hydrogen (secondary N) is 1. The molecule has 0 saturated heterocycles. The number of aliphatic hydroxyl groups excluding tert-OH is 1. The number of imidazole rings is 1. The summed E-state index contributed by atoms with van der Waals surface area (Å²) in [7, 11) is -7.51. The van der Waals surface area contributed by atoms with E-state index >= 15 is 0 Å². The lowest BCUT2D eigenvalue weighted by Crippen LogP contribution is -2.29. The van der Waals surface area contributed by atoms with E-state index in [9.17, 15) is 30.7 Å². The lowest BCUT2D eigenvalue weighted by Gasteiger charge is -2.17. The smallest absolute Gasteiger partial charge is 0.330 e. The number of hydrogen-bond acceptors (Lipinski definition) is 6. The number of nitrogens with zero attached hydrogens (tertiary/aromatic N) is 3. The molecule has 49 heavy (non-hydrogen) atoms. The number of halogens is 2. The van der Waals surface area contributed by atoms with Gasteiger partial charge in [0.15, 0.2) is 9.84 Å². The van der Waals surface area contributed by atoms with Crippen LogP contribution in [-0.4, -0.2) is 37.2 Å². The summed E-state index contributed by atoms with van der Waals surface area (Å²) in [5, 5.41) is 9.78. The van der Waals surface area contributed by atoms with E-state index in [1.807, 2.05) is 55.8 Å². The Morgan fingerprint density at radius 3 is 2.27 bits per heavy atom. The number of sulfone groups is 1. The summed E-state index contributed by atoms with van der Waals surface area (Å²) in [5.41, 5.74) is 3.36. The molecule has 6 rings (SSSR count). The lowest BCUT2D eigenvalue weighted by molar-refractivity contribution is 0.392. The molecule has 0 amide bonds. The van der Waals surface area contributed by atoms with Crippen molar-refractivity contribution in [3.8, 4) is 28.1 Å². The van der Waals surface area contributed by atoms with E-state index in [2.05, 4.69) is 0 Å². The van der Waals surface area contributed by atoms with E-state index in [0.29, 0.717) is 17.9 Å². The molecule has 2 heterocycles. The van der Waals surface area contributed by atoms with Crippen molar-refractivity contribution in [1.82, 2.24) is 14.3 Å². The van der Waals surface area contributed by atoms with Crippen LogP contribution in [0.4, 0.5) is 14.5 Å². The van der Waals surface area contributed by atoms with Crippen molar-refractivity contribution in [3.63, 3.8) is 0 Å². The predicted molar refractivity (Wildman–Crippen MR) is 185 cm³/mol. The number of aliphatic hydroxyl groups is 1. The van der Waals surface area contributed by atoms with Crippen molar-refractivity contribution < 1.29 is 30.7 Å². The molecule has 0 aliphatic carbocycles. The fourth-order valence-electron chi connectivity index (χ4n) is 5.40. The van der Waals surface area contributed by atoms with Gasteiger partial charge in [0.05, 0.1) is 28.2 Å². The van der Waals surface area contributed by atoms with Crippen molar-refractivity contribution in [2.75, 3.05) is 10.1 Å². The highest BCUT2D eigenvalue weighted by Crippen LogP contribution is 2.31. The van der Waals surface area contributed by atoms with Crippen LogP contribution >= 0.6 is 0 Å². The zero-order valence-electron chi connectivity index (χ0n) is 26.9.